The van der Waals surface area contributed by atoms with Gasteiger partial charge in [-0.05, 0) is 6.92 Å². The predicted molar refractivity (Wildman–Crippen MR) is 76.4 cm³/mol. The van der Waals surface area contributed by atoms with Crippen LogP contribution in [0.15, 0.2) is 11.0 Å². The van der Waals surface area contributed by atoms with Crippen LogP contribution in [0.5, 0.6) is 0 Å². The van der Waals surface area contributed by atoms with Crippen LogP contribution in [0.3, 0.4) is 0 Å². The van der Waals surface area contributed by atoms with Crippen LogP contribution in [0.2, 0.25) is 0 Å². The average molecular weight is 308 g/mol. The molecular formula is C13H16N4O5. The van der Waals surface area contributed by atoms with Crippen LogP contribution in [0, 0.1) is 0 Å². The van der Waals surface area contributed by atoms with E-state index in [1.54, 1.807) is 0 Å². The SMILES string of the molecule is CC(=O)c1cn([C@H]2C[C@H](O)[C@@H](CO)O2)c2nc(N)[nH]c(=O)c12. The molecule has 0 unspecified atom stereocenters. The largest absolute Gasteiger partial charge is 0.394 e. The van der Waals surface area contributed by atoms with Gasteiger partial charge in [0, 0.05) is 12.6 Å². The molecule has 0 radical (unpaired) electrons. The second-order valence-electron chi connectivity index (χ2n) is 5.27. The van der Waals surface area contributed by atoms with E-state index >= 15 is 0 Å². The monoisotopic (exact) mass is 308 g/mol. The maximum atomic E-state index is 12.1. The van der Waals surface area contributed by atoms with Gasteiger partial charge in [0.1, 0.15) is 12.3 Å². The van der Waals surface area contributed by atoms with Gasteiger partial charge in [-0.15, -0.1) is 0 Å². The number of carbonyl (C=O) groups is 1. The minimum Gasteiger partial charge on any atom is -0.394 e. The topological polar surface area (TPSA) is 143 Å². The first-order valence-corrected chi connectivity index (χ1v) is 6.78. The van der Waals surface area contributed by atoms with Crippen LogP contribution in [0.1, 0.15) is 29.9 Å². The normalized spacial score (nSPS) is 25.0. The van der Waals surface area contributed by atoms with Crippen molar-refractivity contribution in [2.75, 3.05) is 12.3 Å². The molecule has 2 aromatic heterocycles. The highest BCUT2D eigenvalue weighted by atomic mass is 16.5. The fourth-order valence-corrected chi connectivity index (χ4v) is 2.71. The molecular weight excluding hydrogens is 292 g/mol. The lowest BCUT2D eigenvalue weighted by molar-refractivity contribution is -0.0430. The van der Waals surface area contributed by atoms with Gasteiger partial charge in [0.15, 0.2) is 11.4 Å². The number of aliphatic hydroxyl groups is 2. The number of hydrogen-bond donors (Lipinski definition) is 4. The standard InChI is InChI=1S/C13H16N4O5/c1-5(19)6-3-17(9-2-7(20)8(4-18)22-9)11-10(6)12(21)16-13(14)15-11/h3,7-9,18,20H,2,4H2,1H3,(H3,14,15,16,21)/t7-,8+,9+/m0/s1. The van der Waals surface area contributed by atoms with Gasteiger partial charge in [-0.25, -0.2) is 0 Å². The van der Waals surface area contributed by atoms with E-state index in [1.165, 1.54) is 17.7 Å². The Kier molecular flexibility index (Phi) is 3.47. The highest BCUT2D eigenvalue weighted by Gasteiger charge is 2.36. The Morgan fingerprint density at radius 2 is 2.36 bits per heavy atom. The summed E-state index contributed by atoms with van der Waals surface area (Å²) >= 11 is 0. The summed E-state index contributed by atoms with van der Waals surface area (Å²) in [6.45, 7) is 1.02. The van der Waals surface area contributed by atoms with E-state index in [0.29, 0.717) is 0 Å². The van der Waals surface area contributed by atoms with Gasteiger partial charge in [-0.2, -0.15) is 4.98 Å². The van der Waals surface area contributed by atoms with Crippen molar-refractivity contribution in [1.29, 1.82) is 0 Å². The Balaban J connectivity index is 2.19. The Hall–Kier alpha value is -2.23. The molecule has 0 saturated carbocycles. The van der Waals surface area contributed by atoms with Crippen LogP contribution in [-0.4, -0.2) is 49.3 Å². The Labute approximate surface area is 124 Å². The molecule has 0 aliphatic carbocycles. The van der Waals surface area contributed by atoms with Crippen molar-refractivity contribution in [3.8, 4) is 0 Å². The highest BCUT2D eigenvalue weighted by Crippen LogP contribution is 2.32. The van der Waals surface area contributed by atoms with Gasteiger partial charge in [-0.3, -0.25) is 14.6 Å². The van der Waals surface area contributed by atoms with E-state index in [4.69, 9.17) is 15.6 Å². The summed E-state index contributed by atoms with van der Waals surface area (Å²) in [6.07, 6.45) is -0.529. The molecule has 5 N–H and O–H groups in total. The van der Waals surface area contributed by atoms with Crippen molar-refractivity contribution in [2.45, 2.75) is 31.8 Å². The fourth-order valence-electron chi connectivity index (χ4n) is 2.71. The number of fused-ring (bicyclic) bond motifs is 1. The number of nitrogen functional groups attached to an aromatic ring is 1. The first-order chi connectivity index (χ1) is 10.4. The van der Waals surface area contributed by atoms with Crippen LogP contribution in [0.4, 0.5) is 5.95 Å². The van der Waals surface area contributed by atoms with Gasteiger partial charge in [-0.1, -0.05) is 0 Å². The Morgan fingerprint density at radius 3 is 2.95 bits per heavy atom. The van der Waals surface area contributed by atoms with Crippen LogP contribution < -0.4 is 11.3 Å². The number of aliphatic hydroxyl groups excluding tert-OH is 2. The van der Waals surface area contributed by atoms with Crippen LogP contribution >= 0.6 is 0 Å². The number of Topliss-reactive ketones (excluding diaryl/α,β-unsaturated/α-hetero) is 1. The van der Waals surface area contributed by atoms with Gasteiger partial charge in [0.05, 0.1) is 23.7 Å². The average Bonchev–Trinajstić information content (AvgIpc) is 2.99. The lowest BCUT2D eigenvalue weighted by Crippen LogP contribution is -2.24. The molecule has 3 atom stereocenters. The number of aromatic amines is 1. The molecule has 0 bridgehead atoms. The van der Waals surface area contributed by atoms with E-state index in [0.717, 1.165) is 0 Å². The molecule has 0 amide bonds. The predicted octanol–water partition coefficient (Wildman–Crippen LogP) is -0.850. The van der Waals surface area contributed by atoms with Gasteiger partial charge in [0.25, 0.3) is 5.56 Å². The van der Waals surface area contributed by atoms with Crippen LogP contribution in [-0.2, 0) is 4.74 Å². The molecule has 118 valence electrons. The maximum Gasteiger partial charge on any atom is 0.262 e. The number of ketones is 1. The number of anilines is 1. The van der Waals surface area contributed by atoms with Crippen molar-refractivity contribution < 1.29 is 19.7 Å². The minimum absolute atomic E-state index is 0.0794. The number of hydrogen-bond acceptors (Lipinski definition) is 7. The lowest BCUT2D eigenvalue weighted by Gasteiger charge is -2.14. The fraction of sp³-hybridized carbons (Fsp3) is 0.462. The summed E-state index contributed by atoms with van der Waals surface area (Å²) in [4.78, 5) is 30.2. The molecule has 0 spiro atoms. The molecule has 0 aromatic carbocycles. The zero-order chi connectivity index (χ0) is 16.0. The molecule has 3 heterocycles. The zero-order valence-electron chi connectivity index (χ0n) is 11.8. The van der Waals surface area contributed by atoms with Crippen LogP contribution in [0.25, 0.3) is 11.0 Å². The van der Waals surface area contributed by atoms with E-state index in [1.807, 2.05) is 0 Å². The zero-order valence-corrected chi connectivity index (χ0v) is 11.8. The summed E-state index contributed by atoms with van der Waals surface area (Å²) in [5, 5.41) is 19.1. The molecule has 22 heavy (non-hydrogen) atoms. The maximum absolute atomic E-state index is 12.1. The number of carbonyl (C=O) groups excluding carboxylic acids is 1. The summed E-state index contributed by atoms with van der Waals surface area (Å²) in [5.74, 6) is -0.373. The molecule has 2 aromatic rings. The third kappa shape index (κ3) is 2.19. The number of nitrogens with two attached hydrogens (primary N) is 1. The molecule has 9 heteroatoms. The molecule has 9 nitrogen and oxygen atoms in total. The third-order valence-electron chi connectivity index (χ3n) is 3.77. The van der Waals surface area contributed by atoms with Gasteiger partial charge in [0.2, 0.25) is 5.95 Å². The first-order valence-electron chi connectivity index (χ1n) is 6.78. The highest BCUT2D eigenvalue weighted by molar-refractivity contribution is 6.06. The van der Waals surface area contributed by atoms with Gasteiger partial charge < -0.3 is 25.3 Å². The Bertz CT molecular complexity index is 796. The van der Waals surface area contributed by atoms with E-state index in [9.17, 15) is 14.7 Å². The summed E-state index contributed by atoms with van der Waals surface area (Å²) in [7, 11) is 0. The molecule has 1 saturated heterocycles. The second kappa shape index (κ2) is 5.20. The van der Waals surface area contributed by atoms with E-state index in [2.05, 4.69) is 9.97 Å². The van der Waals surface area contributed by atoms with Crippen molar-refractivity contribution in [3.05, 3.63) is 22.1 Å². The molecule has 1 aliphatic heterocycles. The number of nitrogens with one attached hydrogen (secondary N) is 1. The smallest absolute Gasteiger partial charge is 0.262 e. The number of H-pyrrole nitrogens is 1. The number of ether oxygens (including phenoxy) is 1. The van der Waals surface area contributed by atoms with Gasteiger partial charge >= 0.3 is 0 Å². The molecule has 1 aliphatic rings. The Morgan fingerprint density at radius 1 is 1.64 bits per heavy atom. The second-order valence-corrected chi connectivity index (χ2v) is 5.27. The van der Waals surface area contributed by atoms with Crippen molar-refractivity contribution in [3.63, 3.8) is 0 Å². The number of rotatable bonds is 3. The number of aromatic nitrogens is 3. The first kappa shape index (κ1) is 14.7. The number of nitrogens with zero attached hydrogens (tertiary/aromatic N) is 2. The van der Waals surface area contributed by atoms with Crippen molar-refractivity contribution in [2.24, 2.45) is 0 Å². The summed E-state index contributed by atoms with van der Waals surface area (Å²) in [5.41, 5.74) is 5.47. The summed E-state index contributed by atoms with van der Waals surface area (Å²) in [6, 6.07) is 0. The van der Waals surface area contributed by atoms with Crippen molar-refractivity contribution >= 4 is 22.8 Å². The van der Waals surface area contributed by atoms with Crippen molar-refractivity contribution in [1.82, 2.24) is 14.5 Å². The summed E-state index contributed by atoms with van der Waals surface area (Å²) < 4.78 is 7.04. The minimum atomic E-state index is -0.840. The lowest BCUT2D eigenvalue weighted by atomic mass is 10.2. The van der Waals surface area contributed by atoms with E-state index in [-0.39, 0.29) is 41.4 Å². The molecule has 3 rings (SSSR count). The molecule has 1 fully saturated rings. The third-order valence-corrected chi connectivity index (χ3v) is 3.77. The quantitative estimate of drug-likeness (QED) is 0.541. The van der Waals surface area contributed by atoms with E-state index < -0.39 is 24.0 Å².